The van der Waals surface area contributed by atoms with Gasteiger partial charge in [0.2, 0.25) is 0 Å². The molecule has 1 saturated carbocycles. The van der Waals surface area contributed by atoms with E-state index in [9.17, 15) is 4.39 Å². The molecule has 0 nitrogen and oxygen atoms in total. The molecule has 0 spiro atoms. The van der Waals surface area contributed by atoms with Crippen LogP contribution in [0.15, 0.2) is 48.5 Å². The van der Waals surface area contributed by atoms with Gasteiger partial charge in [0.15, 0.2) is 0 Å². The third kappa shape index (κ3) is 5.50. The molecule has 2 heteroatoms. The van der Waals surface area contributed by atoms with E-state index in [0.717, 1.165) is 12.3 Å². The molecule has 4 rings (SSSR count). The van der Waals surface area contributed by atoms with Gasteiger partial charge in [-0.05, 0) is 72.1 Å². The normalized spacial score (nSPS) is 23.5. The monoisotopic (exact) mass is 436 g/mol. The lowest BCUT2D eigenvalue weighted by Gasteiger charge is -2.38. The van der Waals surface area contributed by atoms with Crippen LogP contribution in [-0.2, 0) is 5.41 Å². The molecular formula is C29H41FSi. The van der Waals surface area contributed by atoms with Gasteiger partial charge in [0.1, 0.15) is 0 Å². The van der Waals surface area contributed by atoms with E-state index in [1.54, 1.807) is 23.7 Å². The van der Waals surface area contributed by atoms with Crippen molar-refractivity contribution in [2.24, 2.45) is 0 Å². The lowest BCUT2D eigenvalue weighted by molar-refractivity contribution is 0.258. The van der Waals surface area contributed by atoms with Crippen LogP contribution in [0.4, 0.5) is 4.39 Å². The summed E-state index contributed by atoms with van der Waals surface area (Å²) in [6.45, 7) is 2.16. The summed E-state index contributed by atoms with van der Waals surface area (Å²) in [6, 6.07) is 23.4. The van der Waals surface area contributed by atoms with Crippen LogP contribution in [0.1, 0.15) is 88.2 Å². The number of alkyl halides is 1. The second kappa shape index (κ2) is 10.9. The molecule has 0 aromatic heterocycles. The zero-order valence-electron chi connectivity index (χ0n) is 19.6. The third-order valence-electron chi connectivity index (χ3n) is 8.36. The molecule has 0 radical (unpaired) electrons. The zero-order valence-corrected chi connectivity index (χ0v) is 20.7. The number of rotatable bonds is 8. The summed E-state index contributed by atoms with van der Waals surface area (Å²) in [5.74, 6) is 0.790. The molecule has 0 atom stereocenters. The number of hydrogen-bond donors (Lipinski definition) is 0. The Morgan fingerprint density at radius 2 is 1.48 bits per heavy atom. The quantitative estimate of drug-likeness (QED) is 0.363. The van der Waals surface area contributed by atoms with Crippen LogP contribution >= 0.6 is 0 Å². The Hall–Kier alpha value is -1.41. The van der Waals surface area contributed by atoms with Crippen LogP contribution in [0.2, 0.25) is 18.1 Å². The Kier molecular flexibility index (Phi) is 8.04. The predicted octanol–water partition coefficient (Wildman–Crippen LogP) is 8.82. The maximum absolute atomic E-state index is 12.9. The lowest BCUT2D eigenvalue weighted by Crippen LogP contribution is -2.29. The molecule has 2 aromatic carbocycles. The van der Waals surface area contributed by atoms with Gasteiger partial charge in [-0.2, -0.15) is 0 Å². The average Bonchev–Trinajstić information content (AvgIpc) is 2.84. The van der Waals surface area contributed by atoms with Gasteiger partial charge in [0, 0.05) is 8.80 Å². The van der Waals surface area contributed by atoms with E-state index >= 15 is 0 Å². The van der Waals surface area contributed by atoms with Crippen molar-refractivity contribution in [1.29, 1.82) is 0 Å². The minimum absolute atomic E-state index is 0.186. The first-order chi connectivity index (χ1) is 15.2. The molecule has 1 heterocycles. The fourth-order valence-electron chi connectivity index (χ4n) is 6.47. The van der Waals surface area contributed by atoms with E-state index < -0.39 is 8.80 Å². The topological polar surface area (TPSA) is 0 Å². The molecule has 31 heavy (non-hydrogen) atoms. The third-order valence-corrected chi connectivity index (χ3v) is 12.0. The first-order valence-corrected chi connectivity index (χ1v) is 15.5. The second-order valence-corrected chi connectivity index (χ2v) is 13.8. The molecule has 168 valence electrons. The van der Waals surface area contributed by atoms with Gasteiger partial charge in [-0.3, -0.25) is 4.39 Å². The highest BCUT2D eigenvalue weighted by Gasteiger charge is 2.33. The fourth-order valence-corrected chi connectivity index (χ4v) is 9.90. The van der Waals surface area contributed by atoms with Crippen molar-refractivity contribution >= 4 is 8.80 Å². The number of benzene rings is 2. The van der Waals surface area contributed by atoms with Crippen LogP contribution in [0.3, 0.4) is 0 Å². The van der Waals surface area contributed by atoms with Gasteiger partial charge in [-0.1, -0.05) is 99.3 Å². The summed E-state index contributed by atoms with van der Waals surface area (Å²) in [5.41, 5.74) is 5.84. The van der Waals surface area contributed by atoms with Gasteiger partial charge in [-0.25, -0.2) is 0 Å². The van der Waals surface area contributed by atoms with Crippen LogP contribution < -0.4 is 0 Å². The Morgan fingerprint density at radius 3 is 2.06 bits per heavy atom. The zero-order chi connectivity index (χ0) is 21.5. The van der Waals surface area contributed by atoms with Crippen molar-refractivity contribution in [2.75, 3.05) is 6.67 Å². The maximum atomic E-state index is 12.9. The van der Waals surface area contributed by atoms with Gasteiger partial charge in [0.25, 0.3) is 0 Å². The van der Waals surface area contributed by atoms with E-state index in [-0.39, 0.29) is 12.1 Å². The van der Waals surface area contributed by atoms with Crippen molar-refractivity contribution in [3.05, 3.63) is 59.7 Å². The van der Waals surface area contributed by atoms with Crippen LogP contribution in [-0.4, -0.2) is 15.5 Å². The first-order valence-electron chi connectivity index (χ1n) is 13.0. The fraction of sp³-hybridized carbons (Fsp3) is 0.586. The van der Waals surface area contributed by atoms with E-state index in [1.165, 1.54) is 68.1 Å². The van der Waals surface area contributed by atoms with Crippen LogP contribution in [0.25, 0.3) is 11.1 Å². The second-order valence-electron chi connectivity index (χ2n) is 10.3. The van der Waals surface area contributed by atoms with Gasteiger partial charge in [-0.15, -0.1) is 0 Å². The van der Waals surface area contributed by atoms with Gasteiger partial charge >= 0.3 is 0 Å². The van der Waals surface area contributed by atoms with E-state index in [2.05, 4.69) is 55.5 Å². The molecule has 2 fully saturated rings. The minimum Gasteiger partial charge on any atom is -0.251 e. The Labute approximate surface area is 191 Å². The molecule has 0 unspecified atom stereocenters. The highest BCUT2D eigenvalue weighted by molar-refractivity contribution is 6.59. The van der Waals surface area contributed by atoms with Crippen molar-refractivity contribution < 1.29 is 4.39 Å². The summed E-state index contributed by atoms with van der Waals surface area (Å²) >= 11 is 0. The number of hydrogen-bond acceptors (Lipinski definition) is 0. The molecule has 2 aromatic rings. The van der Waals surface area contributed by atoms with Crippen LogP contribution in [0, 0.1) is 0 Å². The smallest absolute Gasteiger partial charge is 0.0894 e. The van der Waals surface area contributed by atoms with Gasteiger partial charge in [0.05, 0.1) is 6.67 Å². The summed E-state index contributed by atoms with van der Waals surface area (Å²) in [5, 5.41) is 0. The highest BCUT2D eigenvalue weighted by atomic mass is 28.3. The average molecular weight is 437 g/mol. The van der Waals surface area contributed by atoms with E-state index in [0.29, 0.717) is 6.42 Å². The van der Waals surface area contributed by atoms with Crippen molar-refractivity contribution in [3.8, 4) is 11.1 Å². The minimum atomic E-state index is -0.399. The van der Waals surface area contributed by atoms with Gasteiger partial charge < -0.3 is 0 Å². The molecule has 1 saturated heterocycles. The molecule has 1 aliphatic carbocycles. The molecule has 0 bridgehead atoms. The van der Waals surface area contributed by atoms with E-state index in [1.807, 2.05) is 0 Å². The largest absolute Gasteiger partial charge is 0.251 e. The molecule has 2 aliphatic rings. The molecule has 0 amide bonds. The molecular weight excluding hydrogens is 395 g/mol. The Morgan fingerprint density at radius 1 is 0.871 bits per heavy atom. The lowest BCUT2D eigenvalue weighted by atomic mass is 9.67. The summed E-state index contributed by atoms with van der Waals surface area (Å²) in [7, 11) is -0.399. The maximum Gasteiger partial charge on any atom is 0.0894 e. The number of halogens is 1. The highest BCUT2D eigenvalue weighted by Crippen LogP contribution is 2.43. The molecule has 0 N–H and O–H groups in total. The Bertz CT molecular complexity index is 780. The molecule has 1 aliphatic heterocycles. The SMILES string of the molecule is CCC[SiH]1CCC(c2ccc(-c3ccc(C4(CCCF)CCCCC4)cc3)cc2)CC1. The first kappa shape index (κ1) is 22.8. The van der Waals surface area contributed by atoms with Crippen molar-refractivity contribution in [2.45, 2.75) is 101 Å². The standard InChI is InChI=1S/C29H41FSi/c1-2-21-31-22-15-27(16-23-31)25-9-7-24(8-10-25)26-11-13-28(14-12-26)29(19-6-20-30)17-4-3-5-18-29/h7-14,27,31H,2-6,15-23H2,1H3. The Balaban J connectivity index is 1.43. The van der Waals surface area contributed by atoms with E-state index in [4.69, 9.17) is 0 Å². The summed E-state index contributed by atoms with van der Waals surface area (Å²) in [4.78, 5) is 0. The summed E-state index contributed by atoms with van der Waals surface area (Å²) in [6.07, 6.45) is 12.3. The summed E-state index contributed by atoms with van der Waals surface area (Å²) < 4.78 is 12.9. The van der Waals surface area contributed by atoms with Crippen molar-refractivity contribution in [1.82, 2.24) is 0 Å². The van der Waals surface area contributed by atoms with Crippen LogP contribution in [0.5, 0.6) is 0 Å². The van der Waals surface area contributed by atoms with Crippen molar-refractivity contribution in [3.63, 3.8) is 0 Å². The predicted molar refractivity (Wildman–Crippen MR) is 136 cm³/mol.